The van der Waals surface area contributed by atoms with Crippen LogP contribution in [0.1, 0.15) is 30.5 Å². The van der Waals surface area contributed by atoms with Gasteiger partial charge in [0.15, 0.2) is 0 Å². The molecule has 0 aromatic heterocycles. The normalized spacial score (nSPS) is 12.5. The molecule has 0 aliphatic carbocycles. The lowest BCUT2D eigenvalue weighted by Gasteiger charge is -2.30. The molecule has 0 bridgehead atoms. The van der Waals surface area contributed by atoms with E-state index in [0.29, 0.717) is 32.7 Å². The molecule has 0 fully saturated rings. The molecule has 8 heteroatoms. The summed E-state index contributed by atoms with van der Waals surface area (Å²) in [6.07, 6.45) is 0. The van der Waals surface area contributed by atoms with Crippen LogP contribution in [-0.4, -0.2) is 62.3 Å². The molecule has 214 valence electrons. The van der Waals surface area contributed by atoms with Crippen molar-refractivity contribution in [3.05, 3.63) is 102 Å². The number of carbonyl (C=O) groups is 2. The largest absolute Gasteiger partial charge is 0.497 e. The molecule has 8 nitrogen and oxygen atoms in total. The molecule has 0 heterocycles. The molecule has 0 spiro atoms. The van der Waals surface area contributed by atoms with Crippen LogP contribution in [0.4, 0.5) is 0 Å². The molecule has 3 aromatic rings. The Hall–Kier alpha value is -3.72. The second-order valence-corrected chi connectivity index (χ2v) is 9.38. The van der Waals surface area contributed by atoms with Gasteiger partial charge in [0.1, 0.15) is 17.8 Å². The fraction of sp³-hybridized carbons (Fsp3) is 0.375. The van der Waals surface area contributed by atoms with Crippen LogP contribution in [0.5, 0.6) is 5.75 Å². The first-order valence-corrected chi connectivity index (χ1v) is 13.8. The van der Waals surface area contributed by atoms with Crippen molar-refractivity contribution in [3.8, 4) is 5.75 Å². The number of hydrogen-bond donors (Lipinski definition) is 2. The fourth-order valence-electron chi connectivity index (χ4n) is 4.31. The highest BCUT2D eigenvalue weighted by atomic mass is 16.5. The first kappa shape index (κ1) is 30.8. The van der Waals surface area contributed by atoms with Crippen molar-refractivity contribution < 1.29 is 23.8 Å². The van der Waals surface area contributed by atoms with E-state index >= 15 is 0 Å². The summed E-state index contributed by atoms with van der Waals surface area (Å²) in [5.41, 5.74) is 3.15. The van der Waals surface area contributed by atoms with Gasteiger partial charge in [-0.25, -0.2) is 0 Å². The molecule has 2 N–H and O–H groups in total. The van der Waals surface area contributed by atoms with Gasteiger partial charge in [-0.2, -0.15) is 0 Å². The van der Waals surface area contributed by atoms with Gasteiger partial charge in [0.05, 0.1) is 20.3 Å². The van der Waals surface area contributed by atoms with E-state index in [1.54, 1.807) is 21.0 Å². The number of benzene rings is 3. The summed E-state index contributed by atoms with van der Waals surface area (Å²) in [7, 11) is 1.63. The van der Waals surface area contributed by atoms with Gasteiger partial charge in [0.2, 0.25) is 0 Å². The molecule has 0 saturated carbocycles. The second kappa shape index (κ2) is 17.1. The van der Waals surface area contributed by atoms with Gasteiger partial charge in [0.25, 0.3) is 0 Å². The minimum atomic E-state index is -0.602. The molecule has 0 aliphatic rings. The number of nitrogens with one attached hydrogen (secondary N) is 2. The van der Waals surface area contributed by atoms with Gasteiger partial charge in [-0.05, 0) is 42.7 Å². The van der Waals surface area contributed by atoms with Crippen LogP contribution in [0.3, 0.4) is 0 Å². The van der Waals surface area contributed by atoms with Crippen molar-refractivity contribution in [3.63, 3.8) is 0 Å². The third-order valence-corrected chi connectivity index (χ3v) is 6.38. The zero-order valence-corrected chi connectivity index (χ0v) is 23.7. The standard InChI is InChI=1S/C32H41N3O5/c1-4-39-31(36)29(33-20-25-12-8-6-9-13-25)23-35(22-27-16-18-28(38-3)19-17-27)24-30(32(37)40-5-2)34-21-26-14-10-7-11-15-26/h6-19,29-30,33-34H,4-5,20-24H2,1-3H3/t29-,30-/m0/s1. The maximum absolute atomic E-state index is 13.0. The van der Waals surface area contributed by atoms with Crippen LogP contribution in [0.2, 0.25) is 0 Å². The summed E-state index contributed by atoms with van der Waals surface area (Å²) in [4.78, 5) is 28.2. The van der Waals surface area contributed by atoms with Crippen LogP contribution in [0.15, 0.2) is 84.9 Å². The summed E-state index contributed by atoms with van der Waals surface area (Å²) in [6, 6.07) is 26.4. The first-order valence-electron chi connectivity index (χ1n) is 13.8. The molecule has 40 heavy (non-hydrogen) atoms. The third kappa shape index (κ3) is 10.4. The molecule has 0 amide bonds. The van der Waals surface area contributed by atoms with Gasteiger partial charge in [-0.3, -0.25) is 25.1 Å². The van der Waals surface area contributed by atoms with E-state index in [2.05, 4.69) is 15.5 Å². The quantitative estimate of drug-likeness (QED) is 0.246. The minimum absolute atomic E-state index is 0.283. The summed E-state index contributed by atoms with van der Waals surface area (Å²) < 4.78 is 16.1. The van der Waals surface area contributed by atoms with E-state index in [4.69, 9.17) is 14.2 Å². The third-order valence-electron chi connectivity index (χ3n) is 6.38. The van der Waals surface area contributed by atoms with Crippen LogP contribution < -0.4 is 15.4 Å². The highest BCUT2D eigenvalue weighted by Gasteiger charge is 2.28. The predicted octanol–water partition coefficient (Wildman–Crippen LogP) is 3.94. The number of nitrogens with zero attached hydrogens (tertiary/aromatic N) is 1. The Morgan fingerprint density at radius 2 is 1.12 bits per heavy atom. The Labute approximate surface area is 237 Å². The molecule has 0 radical (unpaired) electrons. The van der Waals surface area contributed by atoms with Crippen molar-refractivity contribution in [2.24, 2.45) is 0 Å². The Kier molecular flexibility index (Phi) is 13.2. The Morgan fingerprint density at radius 1 is 0.675 bits per heavy atom. The Bertz CT molecular complexity index is 1070. The average Bonchev–Trinajstić information content (AvgIpc) is 2.98. The topological polar surface area (TPSA) is 89.1 Å². The summed E-state index contributed by atoms with van der Waals surface area (Å²) in [6.45, 7) is 6.35. The van der Waals surface area contributed by atoms with Gasteiger partial charge < -0.3 is 14.2 Å². The second-order valence-electron chi connectivity index (χ2n) is 9.38. The molecule has 3 aromatic carbocycles. The van der Waals surface area contributed by atoms with Gasteiger partial charge in [0, 0.05) is 32.7 Å². The van der Waals surface area contributed by atoms with Crippen LogP contribution in [0.25, 0.3) is 0 Å². The van der Waals surface area contributed by atoms with E-state index in [1.807, 2.05) is 84.9 Å². The SMILES string of the molecule is CCOC(=O)[C@H](CN(Cc1ccc(OC)cc1)C[C@H](NCc1ccccc1)C(=O)OCC)NCc1ccccc1. The number of esters is 2. The van der Waals surface area contributed by atoms with Crippen molar-refractivity contribution in [2.75, 3.05) is 33.4 Å². The van der Waals surface area contributed by atoms with E-state index in [1.165, 1.54) is 0 Å². The Balaban J connectivity index is 1.82. The lowest BCUT2D eigenvalue weighted by Crippen LogP contribution is -2.52. The molecule has 0 unspecified atom stereocenters. The van der Waals surface area contributed by atoms with E-state index in [9.17, 15) is 9.59 Å². The lowest BCUT2D eigenvalue weighted by molar-refractivity contribution is -0.146. The first-order chi connectivity index (χ1) is 19.5. The van der Waals surface area contributed by atoms with Crippen molar-refractivity contribution in [1.82, 2.24) is 15.5 Å². The zero-order valence-electron chi connectivity index (χ0n) is 23.7. The molecule has 3 rings (SSSR count). The van der Waals surface area contributed by atoms with Crippen LogP contribution in [0, 0.1) is 0 Å². The smallest absolute Gasteiger partial charge is 0.324 e. The van der Waals surface area contributed by atoms with E-state index in [-0.39, 0.29) is 25.2 Å². The molecular formula is C32H41N3O5. The van der Waals surface area contributed by atoms with Gasteiger partial charge in [-0.15, -0.1) is 0 Å². The molecule has 0 saturated heterocycles. The average molecular weight is 548 g/mol. The van der Waals surface area contributed by atoms with Crippen molar-refractivity contribution >= 4 is 11.9 Å². The number of carbonyl (C=O) groups excluding carboxylic acids is 2. The summed E-state index contributed by atoms with van der Waals surface area (Å²) in [5, 5.41) is 6.74. The van der Waals surface area contributed by atoms with Gasteiger partial charge >= 0.3 is 11.9 Å². The predicted molar refractivity (Wildman–Crippen MR) is 156 cm³/mol. The summed E-state index contributed by atoms with van der Waals surface area (Å²) >= 11 is 0. The van der Waals surface area contributed by atoms with Crippen molar-refractivity contribution in [1.29, 1.82) is 0 Å². The number of ether oxygens (including phenoxy) is 3. The maximum Gasteiger partial charge on any atom is 0.324 e. The fourth-order valence-corrected chi connectivity index (χ4v) is 4.31. The highest BCUT2D eigenvalue weighted by molar-refractivity contribution is 5.77. The van der Waals surface area contributed by atoms with E-state index < -0.39 is 12.1 Å². The number of rotatable bonds is 17. The zero-order chi connectivity index (χ0) is 28.6. The monoisotopic (exact) mass is 547 g/mol. The van der Waals surface area contributed by atoms with Gasteiger partial charge in [-0.1, -0.05) is 72.8 Å². The molecule has 2 atom stereocenters. The van der Waals surface area contributed by atoms with Crippen molar-refractivity contribution in [2.45, 2.75) is 45.6 Å². The Morgan fingerprint density at radius 3 is 1.52 bits per heavy atom. The van der Waals surface area contributed by atoms with E-state index in [0.717, 1.165) is 22.4 Å². The van der Waals surface area contributed by atoms with Crippen LogP contribution in [-0.2, 0) is 38.7 Å². The lowest BCUT2D eigenvalue weighted by atomic mass is 10.1. The molecular weight excluding hydrogens is 506 g/mol. The summed E-state index contributed by atoms with van der Waals surface area (Å²) in [5.74, 6) is 0.101. The number of methoxy groups -OCH3 is 1. The highest BCUT2D eigenvalue weighted by Crippen LogP contribution is 2.15. The minimum Gasteiger partial charge on any atom is -0.497 e. The molecule has 0 aliphatic heterocycles. The number of hydrogen-bond acceptors (Lipinski definition) is 8. The van der Waals surface area contributed by atoms with Crippen LogP contribution >= 0.6 is 0 Å². The maximum atomic E-state index is 13.0.